The number of hydrogen-bond donors (Lipinski definition) is 1. The minimum Gasteiger partial charge on any atom is -0.322 e. The fraction of sp³-hybridized carbons (Fsp3) is 0.0667. The van der Waals surface area contributed by atoms with Crippen LogP contribution >= 0.6 is 15.9 Å². The van der Waals surface area contributed by atoms with E-state index in [0.717, 1.165) is 15.7 Å². The first-order valence-electron chi connectivity index (χ1n) is 5.72. The lowest BCUT2D eigenvalue weighted by Gasteiger charge is -2.06. The van der Waals surface area contributed by atoms with E-state index in [2.05, 4.69) is 27.3 Å². The summed E-state index contributed by atoms with van der Waals surface area (Å²) in [6.45, 7) is 0. The maximum atomic E-state index is 12.0. The van der Waals surface area contributed by atoms with Crippen molar-refractivity contribution in [3.05, 3.63) is 64.1 Å². The Morgan fingerprint density at radius 1 is 1.21 bits per heavy atom. The van der Waals surface area contributed by atoms with Crippen LogP contribution in [0.3, 0.4) is 0 Å². The number of carbonyl (C=O) groups is 1. The van der Waals surface area contributed by atoms with Gasteiger partial charge in [-0.05, 0) is 35.9 Å². The Hall–Kier alpha value is -2.12. The van der Waals surface area contributed by atoms with Gasteiger partial charge in [-0.15, -0.1) is 0 Å². The maximum absolute atomic E-state index is 12.0. The molecular formula is C15H11BrN2O. The molecule has 0 bridgehead atoms. The number of rotatable bonds is 3. The van der Waals surface area contributed by atoms with Gasteiger partial charge in [-0.2, -0.15) is 5.26 Å². The zero-order valence-corrected chi connectivity index (χ0v) is 11.6. The van der Waals surface area contributed by atoms with Gasteiger partial charge in [0.05, 0.1) is 12.5 Å². The highest BCUT2D eigenvalue weighted by molar-refractivity contribution is 9.10. The van der Waals surface area contributed by atoms with Crippen LogP contribution in [0.15, 0.2) is 53.0 Å². The summed E-state index contributed by atoms with van der Waals surface area (Å²) in [4.78, 5) is 12.0. The van der Waals surface area contributed by atoms with Crippen molar-refractivity contribution < 1.29 is 4.79 Å². The number of halogens is 1. The number of amides is 1. The normalized spacial score (nSPS) is 9.68. The number of benzene rings is 2. The Balaban J connectivity index is 2.10. The summed E-state index contributed by atoms with van der Waals surface area (Å²) < 4.78 is 0.912. The molecule has 0 fully saturated rings. The van der Waals surface area contributed by atoms with Crippen LogP contribution in [-0.2, 0) is 6.42 Å². The Bertz CT molecular complexity index is 629. The third-order valence-electron chi connectivity index (χ3n) is 2.58. The van der Waals surface area contributed by atoms with Gasteiger partial charge >= 0.3 is 0 Å². The van der Waals surface area contributed by atoms with Gasteiger partial charge < -0.3 is 5.32 Å². The number of nitrogens with zero attached hydrogens (tertiary/aromatic N) is 1. The Kier molecular flexibility index (Phi) is 4.32. The molecule has 3 nitrogen and oxygen atoms in total. The van der Waals surface area contributed by atoms with Gasteiger partial charge in [-0.1, -0.05) is 34.1 Å². The van der Waals surface area contributed by atoms with Gasteiger partial charge in [0.25, 0.3) is 5.91 Å². The molecule has 0 atom stereocenters. The molecule has 1 N–H and O–H groups in total. The average Bonchev–Trinajstić information content (AvgIpc) is 2.40. The Labute approximate surface area is 120 Å². The molecule has 4 heteroatoms. The van der Waals surface area contributed by atoms with Gasteiger partial charge in [0.1, 0.15) is 0 Å². The van der Waals surface area contributed by atoms with Crippen LogP contribution in [0.2, 0.25) is 0 Å². The molecular weight excluding hydrogens is 304 g/mol. The predicted molar refractivity (Wildman–Crippen MR) is 77.9 cm³/mol. The van der Waals surface area contributed by atoms with Gasteiger partial charge in [0, 0.05) is 15.7 Å². The van der Waals surface area contributed by atoms with Crippen LogP contribution in [0, 0.1) is 11.3 Å². The van der Waals surface area contributed by atoms with E-state index in [4.69, 9.17) is 5.26 Å². The summed E-state index contributed by atoms with van der Waals surface area (Å²) in [6, 6.07) is 16.5. The number of carbonyl (C=O) groups excluding carboxylic acids is 1. The Morgan fingerprint density at radius 3 is 2.58 bits per heavy atom. The topological polar surface area (TPSA) is 52.9 Å². The molecule has 0 radical (unpaired) electrons. The zero-order valence-electron chi connectivity index (χ0n) is 10.1. The SMILES string of the molecule is N#CCc1ccc(C(=O)Nc2cccc(Br)c2)cc1. The van der Waals surface area contributed by atoms with Gasteiger partial charge in [-0.3, -0.25) is 4.79 Å². The molecule has 0 heterocycles. The molecule has 0 saturated carbocycles. The van der Waals surface area contributed by atoms with Crippen LogP contribution in [0.25, 0.3) is 0 Å². The van der Waals surface area contributed by atoms with Crippen LogP contribution < -0.4 is 5.32 Å². The lowest BCUT2D eigenvalue weighted by atomic mass is 10.1. The van der Waals surface area contributed by atoms with E-state index in [1.807, 2.05) is 24.3 Å². The second kappa shape index (κ2) is 6.17. The van der Waals surface area contributed by atoms with Crippen molar-refractivity contribution in [2.45, 2.75) is 6.42 Å². The van der Waals surface area contributed by atoms with Crippen molar-refractivity contribution in [2.24, 2.45) is 0 Å². The summed E-state index contributed by atoms with van der Waals surface area (Å²) in [7, 11) is 0. The first kappa shape index (κ1) is 13.3. The minimum atomic E-state index is -0.165. The molecule has 0 spiro atoms. The maximum Gasteiger partial charge on any atom is 0.255 e. The van der Waals surface area contributed by atoms with Crippen LogP contribution in [0.1, 0.15) is 15.9 Å². The summed E-state index contributed by atoms with van der Waals surface area (Å²) in [6.07, 6.45) is 0.355. The second-order valence-electron chi connectivity index (χ2n) is 4.00. The van der Waals surface area contributed by atoms with Crippen molar-refractivity contribution in [3.63, 3.8) is 0 Å². The quantitative estimate of drug-likeness (QED) is 0.937. The number of anilines is 1. The number of hydrogen-bond acceptors (Lipinski definition) is 2. The van der Waals surface area contributed by atoms with E-state index in [9.17, 15) is 4.79 Å². The number of nitrogens with one attached hydrogen (secondary N) is 1. The molecule has 19 heavy (non-hydrogen) atoms. The van der Waals surface area contributed by atoms with Gasteiger partial charge in [0.15, 0.2) is 0 Å². The highest BCUT2D eigenvalue weighted by Crippen LogP contribution is 2.16. The van der Waals surface area contributed by atoms with E-state index in [1.54, 1.807) is 24.3 Å². The van der Waals surface area contributed by atoms with E-state index >= 15 is 0 Å². The lowest BCUT2D eigenvalue weighted by Crippen LogP contribution is -2.11. The van der Waals surface area contributed by atoms with Crippen LogP contribution in [-0.4, -0.2) is 5.91 Å². The third kappa shape index (κ3) is 3.67. The molecule has 0 aliphatic heterocycles. The zero-order chi connectivity index (χ0) is 13.7. The minimum absolute atomic E-state index is 0.165. The Morgan fingerprint density at radius 2 is 1.95 bits per heavy atom. The van der Waals surface area contributed by atoms with Crippen LogP contribution in [0.4, 0.5) is 5.69 Å². The van der Waals surface area contributed by atoms with E-state index in [1.165, 1.54) is 0 Å². The highest BCUT2D eigenvalue weighted by atomic mass is 79.9. The standard InChI is InChI=1S/C15H11BrN2O/c16-13-2-1-3-14(10-13)18-15(19)12-6-4-11(5-7-12)8-9-17/h1-7,10H,8H2,(H,18,19). The van der Waals surface area contributed by atoms with E-state index < -0.39 is 0 Å². The highest BCUT2D eigenvalue weighted by Gasteiger charge is 2.06. The summed E-state index contributed by atoms with van der Waals surface area (Å²) in [5, 5.41) is 11.4. The molecule has 0 aromatic heterocycles. The molecule has 0 aliphatic rings. The van der Waals surface area contributed by atoms with Crippen LogP contribution in [0.5, 0.6) is 0 Å². The monoisotopic (exact) mass is 314 g/mol. The fourth-order valence-corrected chi connectivity index (χ4v) is 2.03. The molecule has 94 valence electrons. The van der Waals surface area contributed by atoms with Crippen molar-refractivity contribution in [1.82, 2.24) is 0 Å². The third-order valence-corrected chi connectivity index (χ3v) is 3.08. The molecule has 2 aromatic carbocycles. The summed E-state index contributed by atoms with van der Waals surface area (Å²) in [5.74, 6) is -0.165. The van der Waals surface area contributed by atoms with E-state index in [0.29, 0.717) is 12.0 Å². The van der Waals surface area contributed by atoms with E-state index in [-0.39, 0.29) is 5.91 Å². The summed E-state index contributed by atoms with van der Waals surface area (Å²) >= 11 is 3.35. The van der Waals surface area contributed by atoms with Gasteiger partial charge in [-0.25, -0.2) is 0 Å². The van der Waals surface area contributed by atoms with Crippen molar-refractivity contribution in [2.75, 3.05) is 5.32 Å². The van der Waals surface area contributed by atoms with Gasteiger partial charge in [0.2, 0.25) is 0 Å². The molecule has 0 aliphatic carbocycles. The average molecular weight is 315 g/mol. The predicted octanol–water partition coefficient (Wildman–Crippen LogP) is 3.77. The van der Waals surface area contributed by atoms with Crippen molar-refractivity contribution >= 4 is 27.5 Å². The smallest absolute Gasteiger partial charge is 0.255 e. The largest absolute Gasteiger partial charge is 0.322 e. The molecule has 0 saturated heterocycles. The van der Waals surface area contributed by atoms with Crippen molar-refractivity contribution in [1.29, 1.82) is 5.26 Å². The molecule has 0 unspecified atom stereocenters. The molecule has 1 amide bonds. The fourth-order valence-electron chi connectivity index (χ4n) is 1.63. The molecule has 2 aromatic rings. The van der Waals surface area contributed by atoms with Crippen molar-refractivity contribution in [3.8, 4) is 6.07 Å². The second-order valence-corrected chi connectivity index (χ2v) is 4.91. The first-order chi connectivity index (χ1) is 9.19. The first-order valence-corrected chi connectivity index (χ1v) is 6.51. The number of nitriles is 1. The lowest BCUT2D eigenvalue weighted by molar-refractivity contribution is 0.102. The molecule has 2 rings (SSSR count). The summed E-state index contributed by atoms with van der Waals surface area (Å²) in [5.41, 5.74) is 2.21.